The molecule has 2 aromatic carbocycles. The number of carbonyl (C=O) groups excluding carboxylic acids is 2. The Bertz CT molecular complexity index is 1230. The van der Waals surface area contributed by atoms with E-state index in [2.05, 4.69) is 9.97 Å². The van der Waals surface area contributed by atoms with Gasteiger partial charge in [-0.2, -0.15) is 4.98 Å². The molecule has 0 fully saturated rings. The van der Waals surface area contributed by atoms with Gasteiger partial charge >= 0.3 is 5.97 Å². The summed E-state index contributed by atoms with van der Waals surface area (Å²) >= 11 is 0. The monoisotopic (exact) mass is 478 g/mol. The minimum atomic E-state index is -0.673. The molecular weight excluding hydrogens is 448 g/mol. The standard InChI is InChI=1S/C26H30N4O5/c1-26(2,3)24(32)35-14-20(31)17-8-6-16(7-9-17)19-11-15(12-21(33-4)22(19)34-5)10-18-13-29-25(28)30-23(18)27/h6-9,11-13H,10,14H2,1-5H3,(H4,27,28,29,30). The molecule has 0 saturated carbocycles. The van der Waals surface area contributed by atoms with Crippen molar-refractivity contribution in [3.63, 3.8) is 0 Å². The summed E-state index contributed by atoms with van der Waals surface area (Å²) in [7, 11) is 3.13. The molecule has 0 aliphatic rings. The Balaban J connectivity index is 1.89. The number of ketones is 1. The van der Waals surface area contributed by atoms with E-state index in [1.165, 1.54) is 0 Å². The molecule has 0 saturated heterocycles. The summed E-state index contributed by atoms with van der Waals surface area (Å²) in [6.07, 6.45) is 2.05. The lowest BCUT2D eigenvalue weighted by Crippen LogP contribution is -2.25. The largest absolute Gasteiger partial charge is 0.493 e. The van der Waals surface area contributed by atoms with E-state index < -0.39 is 11.4 Å². The van der Waals surface area contributed by atoms with Gasteiger partial charge in [-0.3, -0.25) is 9.59 Å². The van der Waals surface area contributed by atoms with Gasteiger partial charge in [-0.25, -0.2) is 4.98 Å². The SMILES string of the molecule is COc1cc(Cc2cnc(N)nc2N)cc(-c2ccc(C(=O)COC(=O)C(C)(C)C)cc2)c1OC. The Morgan fingerprint density at radius 3 is 2.26 bits per heavy atom. The summed E-state index contributed by atoms with van der Waals surface area (Å²) in [4.78, 5) is 32.5. The zero-order chi connectivity index (χ0) is 25.8. The van der Waals surface area contributed by atoms with E-state index in [1.807, 2.05) is 12.1 Å². The van der Waals surface area contributed by atoms with Crippen LogP contribution in [0.25, 0.3) is 11.1 Å². The molecule has 0 unspecified atom stereocenters. The molecule has 1 heterocycles. The van der Waals surface area contributed by atoms with Crippen molar-refractivity contribution < 1.29 is 23.8 Å². The molecule has 3 rings (SSSR count). The summed E-state index contributed by atoms with van der Waals surface area (Å²) < 4.78 is 16.3. The van der Waals surface area contributed by atoms with Gasteiger partial charge in [0.05, 0.1) is 19.6 Å². The predicted octanol–water partition coefficient (Wildman–Crippen LogP) is 3.69. The Morgan fingerprint density at radius 1 is 1.00 bits per heavy atom. The number of ether oxygens (including phenoxy) is 3. The molecule has 0 atom stereocenters. The first-order valence-electron chi connectivity index (χ1n) is 11.0. The van der Waals surface area contributed by atoms with E-state index in [9.17, 15) is 9.59 Å². The molecule has 0 aliphatic heterocycles. The number of hydrogen-bond donors (Lipinski definition) is 2. The number of anilines is 2. The minimum Gasteiger partial charge on any atom is -0.493 e. The van der Waals surface area contributed by atoms with Crippen LogP contribution in [0.5, 0.6) is 11.5 Å². The van der Waals surface area contributed by atoms with E-state index in [1.54, 1.807) is 65.5 Å². The third-order valence-corrected chi connectivity index (χ3v) is 5.31. The van der Waals surface area contributed by atoms with Gasteiger partial charge in [0.15, 0.2) is 23.9 Å². The van der Waals surface area contributed by atoms with E-state index in [0.717, 1.165) is 22.3 Å². The molecule has 4 N–H and O–H groups in total. The van der Waals surface area contributed by atoms with Crippen LogP contribution in [0.1, 0.15) is 42.3 Å². The van der Waals surface area contributed by atoms with Crippen LogP contribution in [0.4, 0.5) is 11.8 Å². The molecule has 0 radical (unpaired) electrons. The van der Waals surface area contributed by atoms with Gasteiger partial charge in [0.2, 0.25) is 5.95 Å². The van der Waals surface area contributed by atoms with Crippen LogP contribution < -0.4 is 20.9 Å². The number of esters is 1. The number of benzene rings is 2. The van der Waals surface area contributed by atoms with Crippen LogP contribution in [0.3, 0.4) is 0 Å². The van der Waals surface area contributed by atoms with Crippen LogP contribution in [0, 0.1) is 5.41 Å². The number of nitrogen functional groups attached to an aromatic ring is 2. The van der Waals surface area contributed by atoms with Crippen LogP contribution >= 0.6 is 0 Å². The van der Waals surface area contributed by atoms with Gasteiger partial charge in [0.1, 0.15) is 5.82 Å². The molecule has 35 heavy (non-hydrogen) atoms. The van der Waals surface area contributed by atoms with Crippen LogP contribution in [0.2, 0.25) is 0 Å². The molecule has 0 spiro atoms. The van der Waals surface area contributed by atoms with Gasteiger partial charge in [-0.15, -0.1) is 0 Å². The summed E-state index contributed by atoms with van der Waals surface area (Å²) in [6.45, 7) is 4.89. The topological polar surface area (TPSA) is 140 Å². The molecule has 0 aliphatic carbocycles. The quantitative estimate of drug-likeness (QED) is 0.366. The first-order chi connectivity index (χ1) is 16.5. The van der Waals surface area contributed by atoms with E-state index in [4.69, 9.17) is 25.7 Å². The maximum absolute atomic E-state index is 12.5. The van der Waals surface area contributed by atoms with Gasteiger partial charge in [-0.05, 0) is 44.0 Å². The molecule has 0 bridgehead atoms. The lowest BCUT2D eigenvalue weighted by Gasteiger charge is -2.17. The minimum absolute atomic E-state index is 0.113. The normalized spacial score (nSPS) is 11.1. The van der Waals surface area contributed by atoms with Gasteiger partial charge < -0.3 is 25.7 Å². The highest BCUT2D eigenvalue weighted by atomic mass is 16.5. The number of carbonyl (C=O) groups is 2. The third kappa shape index (κ3) is 6.06. The van der Waals surface area contributed by atoms with E-state index in [-0.39, 0.29) is 18.3 Å². The highest BCUT2D eigenvalue weighted by Gasteiger charge is 2.24. The first kappa shape index (κ1) is 25.5. The second-order valence-corrected chi connectivity index (χ2v) is 9.02. The van der Waals surface area contributed by atoms with Crippen molar-refractivity contribution in [2.24, 2.45) is 5.41 Å². The smallest absolute Gasteiger partial charge is 0.311 e. The van der Waals surface area contributed by atoms with Crippen molar-refractivity contribution in [1.29, 1.82) is 0 Å². The lowest BCUT2D eigenvalue weighted by molar-refractivity contribution is -0.151. The summed E-state index contributed by atoms with van der Waals surface area (Å²) in [6, 6.07) is 10.8. The van der Waals surface area contributed by atoms with Gasteiger partial charge in [-0.1, -0.05) is 24.3 Å². The maximum atomic E-state index is 12.5. The number of aromatic nitrogens is 2. The molecule has 184 valence electrons. The summed E-state index contributed by atoms with van der Waals surface area (Å²) in [5, 5.41) is 0. The molecule has 3 aromatic rings. The fourth-order valence-electron chi connectivity index (χ4n) is 3.39. The van der Waals surface area contributed by atoms with Crippen molar-refractivity contribution in [3.05, 3.63) is 59.3 Å². The lowest BCUT2D eigenvalue weighted by atomic mass is 9.96. The fraction of sp³-hybridized carbons (Fsp3) is 0.308. The highest BCUT2D eigenvalue weighted by Crippen LogP contribution is 2.40. The Morgan fingerprint density at radius 2 is 1.69 bits per heavy atom. The zero-order valence-electron chi connectivity index (χ0n) is 20.5. The average molecular weight is 479 g/mol. The van der Waals surface area contributed by atoms with Crippen LogP contribution in [-0.4, -0.2) is 42.5 Å². The Labute approximate surface area is 204 Å². The molecule has 9 heteroatoms. The number of rotatable bonds is 8. The highest BCUT2D eigenvalue weighted by molar-refractivity contribution is 5.98. The van der Waals surface area contributed by atoms with Gasteiger partial charge in [0, 0.05) is 29.3 Å². The summed E-state index contributed by atoms with van der Waals surface area (Å²) in [5.41, 5.74) is 14.6. The zero-order valence-corrected chi connectivity index (χ0v) is 20.5. The van der Waals surface area contributed by atoms with Crippen molar-refractivity contribution in [2.45, 2.75) is 27.2 Å². The predicted molar refractivity (Wildman–Crippen MR) is 133 cm³/mol. The Hall–Kier alpha value is -4.14. The Kier molecular flexibility index (Phi) is 7.58. The number of nitrogens with two attached hydrogens (primary N) is 2. The van der Waals surface area contributed by atoms with Crippen LogP contribution in [-0.2, 0) is 16.0 Å². The number of methoxy groups -OCH3 is 2. The molecule has 0 amide bonds. The van der Waals surface area contributed by atoms with Crippen molar-refractivity contribution in [1.82, 2.24) is 9.97 Å². The third-order valence-electron chi connectivity index (χ3n) is 5.31. The number of Topliss-reactive ketones (excluding diaryl/α,β-unsaturated/α-hetero) is 1. The number of nitrogens with zero attached hydrogens (tertiary/aromatic N) is 2. The summed E-state index contributed by atoms with van der Waals surface area (Å²) in [5.74, 6) is 0.806. The second kappa shape index (κ2) is 10.4. The first-order valence-corrected chi connectivity index (χ1v) is 11.0. The van der Waals surface area contributed by atoms with E-state index >= 15 is 0 Å². The van der Waals surface area contributed by atoms with E-state index in [0.29, 0.717) is 29.3 Å². The van der Waals surface area contributed by atoms with Gasteiger partial charge in [0.25, 0.3) is 0 Å². The van der Waals surface area contributed by atoms with Crippen molar-refractivity contribution >= 4 is 23.5 Å². The van der Waals surface area contributed by atoms with Crippen molar-refractivity contribution in [3.8, 4) is 22.6 Å². The molecule has 9 nitrogen and oxygen atoms in total. The van der Waals surface area contributed by atoms with Crippen LogP contribution in [0.15, 0.2) is 42.6 Å². The second-order valence-electron chi connectivity index (χ2n) is 9.02. The fourth-order valence-corrected chi connectivity index (χ4v) is 3.39. The van der Waals surface area contributed by atoms with Crippen molar-refractivity contribution in [2.75, 3.05) is 32.3 Å². The number of hydrogen-bond acceptors (Lipinski definition) is 9. The average Bonchev–Trinajstić information content (AvgIpc) is 2.82. The molecule has 1 aromatic heterocycles. The molecular formula is C26H30N4O5. The maximum Gasteiger partial charge on any atom is 0.311 e.